The Hall–Kier alpha value is -3.28. The molecule has 0 fully saturated rings. The van der Waals surface area contributed by atoms with Crippen LogP contribution in [0, 0.1) is 0 Å². The Morgan fingerprint density at radius 1 is 0.767 bits per heavy atom. The maximum absolute atomic E-state index is 13.7. The van der Waals surface area contributed by atoms with Crippen LogP contribution in [0.3, 0.4) is 0 Å². The van der Waals surface area contributed by atoms with Crippen molar-refractivity contribution >= 4 is 6.29 Å². The summed E-state index contributed by atoms with van der Waals surface area (Å²) in [5.41, 5.74) is -0.141. The summed E-state index contributed by atoms with van der Waals surface area (Å²) in [5, 5.41) is 0. The van der Waals surface area contributed by atoms with Crippen LogP contribution in [0.4, 0.5) is 13.2 Å². The topological polar surface area (TPSA) is 35.5 Å². The van der Waals surface area contributed by atoms with Crippen molar-refractivity contribution in [2.24, 2.45) is 0 Å². The second-order valence-corrected chi connectivity index (χ2v) is 6.02. The predicted molar refractivity (Wildman–Crippen MR) is 110 cm³/mol. The highest BCUT2D eigenvalue weighted by molar-refractivity contribution is 5.80. The summed E-state index contributed by atoms with van der Waals surface area (Å²) in [5.74, 6) is -0.561. The first-order valence-corrected chi connectivity index (χ1v) is 9.52. The highest BCUT2D eigenvalue weighted by atomic mass is 19.4. The number of carbonyl (C=O) groups excluding carboxylic acids is 1. The van der Waals surface area contributed by atoms with Gasteiger partial charge in [-0.2, -0.15) is 13.2 Å². The molecule has 0 bridgehead atoms. The van der Waals surface area contributed by atoms with E-state index in [9.17, 15) is 18.0 Å². The van der Waals surface area contributed by atoms with Gasteiger partial charge in [0.25, 0.3) is 0 Å². The van der Waals surface area contributed by atoms with Crippen LogP contribution in [0.25, 0.3) is 0 Å². The lowest BCUT2D eigenvalue weighted by atomic mass is 10.1. The Morgan fingerprint density at radius 3 is 1.73 bits per heavy atom. The molecule has 0 amide bonds. The molecule has 0 N–H and O–H groups in total. The summed E-state index contributed by atoms with van der Waals surface area (Å²) < 4.78 is 52.1. The number of benzene rings is 3. The Bertz CT molecular complexity index is 924. The van der Waals surface area contributed by atoms with Gasteiger partial charge in [-0.25, -0.2) is 0 Å². The molecule has 0 spiro atoms. The van der Waals surface area contributed by atoms with Crippen LogP contribution in [0.2, 0.25) is 0 Å². The molecule has 3 rings (SSSR count). The molecule has 0 saturated heterocycles. The van der Waals surface area contributed by atoms with E-state index in [-0.39, 0.29) is 25.2 Å². The van der Waals surface area contributed by atoms with Crippen LogP contribution < -0.4 is 9.47 Å². The van der Waals surface area contributed by atoms with E-state index in [4.69, 9.17) is 9.47 Å². The number of ether oxygens (including phenoxy) is 2. The Morgan fingerprint density at radius 2 is 1.27 bits per heavy atom. The van der Waals surface area contributed by atoms with Gasteiger partial charge in [0.1, 0.15) is 18.8 Å². The molecule has 0 radical (unpaired) electrons. The number of aldehydes is 1. The summed E-state index contributed by atoms with van der Waals surface area (Å²) in [4.78, 5) is 11.2. The highest BCUT2D eigenvalue weighted by Gasteiger charge is 2.39. The largest absolute Gasteiger partial charge is 0.485 e. The van der Waals surface area contributed by atoms with E-state index in [0.717, 1.165) is 11.6 Å². The fraction of sp³-hybridized carbons (Fsp3) is 0.208. The molecule has 0 aliphatic heterocycles. The fourth-order valence-electron chi connectivity index (χ4n) is 2.69. The molecule has 0 heterocycles. The van der Waals surface area contributed by atoms with Gasteiger partial charge < -0.3 is 9.47 Å². The van der Waals surface area contributed by atoms with Crippen LogP contribution in [0.1, 0.15) is 40.9 Å². The first-order valence-electron chi connectivity index (χ1n) is 9.52. The summed E-state index contributed by atoms with van der Waals surface area (Å²) in [6, 6.07) is 20.3. The van der Waals surface area contributed by atoms with Crippen molar-refractivity contribution < 1.29 is 27.4 Å². The molecule has 158 valence electrons. The summed E-state index contributed by atoms with van der Waals surface area (Å²) in [6.45, 7) is 3.98. The lowest BCUT2D eigenvalue weighted by Crippen LogP contribution is -2.13. The molecule has 3 nitrogen and oxygen atoms in total. The molecule has 6 heteroatoms. The van der Waals surface area contributed by atoms with E-state index in [2.05, 4.69) is 0 Å². The molecule has 0 unspecified atom stereocenters. The van der Waals surface area contributed by atoms with Crippen molar-refractivity contribution in [3.63, 3.8) is 0 Å². The fourth-order valence-corrected chi connectivity index (χ4v) is 2.69. The van der Waals surface area contributed by atoms with Crippen molar-refractivity contribution in [1.29, 1.82) is 0 Å². The van der Waals surface area contributed by atoms with Gasteiger partial charge in [-0.15, -0.1) is 0 Å². The van der Waals surface area contributed by atoms with Gasteiger partial charge in [0, 0.05) is 5.56 Å². The number of alkyl halides is 3. The van der Waals surface area contributed by atoms with Crippen molar-refractivity contribution in [2.45, 2.75) is 33.2 Å². The summed E-state index contributed by atoms with van der Waals surface area (Å²) in [6.07, 6.45) is -4.60. The third-order valence-electron chi connectivity index (χ3n) is 4.03. The Balaban J connectivity index is 0.00000155. The van der Waals surface area contributed by atoms with Crippen LogP contribution in [0.5, 0.6) is 11.5 Å². The number of carbonyl (C=O) groups is 1. The Kier molecular flexibility index (Phi) is 8.47. The molecule has 0 saturated carbocycles. The van der Waals surface area contributed by atoms with Gasteiger partial charge in [0.05, 0.1) is 0 Å². The number of hydrogen-bond donors (Lipinski definition) is 0. The van der Waals surface area contributed by atoms with Gasteiger partial charge in [0.2, 0.25) is 0 Å². The Labute approximate surface area is 174 Å². The quantitative estimate of drug-likeness (QED) is 0.402. The van der Waals surface area contributed by atoms with Crippen LogP contribution in [-0.4, -0.2) is 6.29 Å². The SMILES string of the molecule is CC.O=Cc1ccc(OCc2ccccc2)c(OCc2ccccc2)c1C(F)(F)F. The van der Waals surface area contributed by atoms with Gasteiger partial charge >= 0.3 is 6.18 Å². The molecule has 0 aliphatic carbocycles. The number of hydrogen-bond acceptors (Lipinski definition) is 3. The van der Waals surface area contributed by atoms with Gasteiger partial charge in [-0.1, -0.05) is 74.5 Å². The zero-order valence-corrected chi connectivity index (χ0v) is 16.8. The summed E-state index contributed by atoms with van der Waals surface area (Å²) >= 11 is 0. The zero-order valence-electron chi connectivity index (χ0n) is 16.8. The zero-order chi connectivity index (χ0) is 22.0. The maximum Gasteiger partial charge on any atom is 0.420 e. The van der Waals surface area contributed by atoms with E-state index in [0.29, 0.717) is 5.56 Å². The molecule has 30 heavy (non-hydrogen) atoms. The number of rotatable bonds is 7. The minimum absolute atomic E-state index is 0.0697. The van der Waals surface area contributed by atoms with Gasteiger partial charge in [-0.3, -0.25) is 4.79 Å². The monoisotopic (exact) mass is 416 g/mol. The standard InChI is InChI=1S/C22H17F3O3.C2H6/c23-22(24,25)20-18(13-26)11-12-19(27-14-16-7-3-1-4-8-16)21(20)28-15-17-9-5-2-6-10-17;1-2/h1-13H,14-15H2;1-2H3. The molecule has 0 aromatic heterocycles. The van der Waals surface area contributed by atoms with E-state index < -0.39 is 23.1 Å². The van der Waals surface area contributed by atoms with Crippen molar-refractivity contribution in [2.75, 3.05) is 0 Å². The van der Waals surface area contributed by atoms with Crippen LogP contribution in [0.15, 0.2) is 72.8 Å². The van der Waals surface area contributed by atoms with Crippen LogP contribution in [-0.2, 0) is 19.4 Å². The average molecular weight is 416 g/mol. The number of halogens is 3. The summed E-state index contributed by atoms with van der Waals surface area (Å²) in [7, 11) is 0. The first-order chi connectivity index (χ1) is 14.5. The van der Waals surface area contributed by atoms with E-state index >= 15 is 0 Å². The van der Waals surface area contributed by atoms with Crippen LogP contribution >= 0.6 is 0 Å². The molecule has 0 atom stereocenters. The minimum Gasteiger partial charge on any atom is -0.485 e. The second-order valence-electron chi connectivity index (χ2n) is 6.02. The average Bonchev–Trinajstić information content (AvgIpc) is 2.78. The predicted octanol–water partition coefficient (Wildman–Crippen LogP) is 6.70. The second kappa shape index (κ2) is 11.0. The van der Waals surface area contributed by atoms with E-state index in [1.165, 1.54) is 6.07 Å². The smallest absolute Gasteiger partial charge is 0.420 e. The lowest BCUT2D eigenvalue weighted by molar-refractivity contribution is -0.139. The normalized spacial score (nSPS) is 10.6. The molecule has 3 aromatic carbocycles. The minimum atomic E-state index is -4.77. The third-order valence-corrected chi connectivity index (χ3v) is 4.03. The first kappa shape index (κ1) is 23.0. The molecule has 0 aliphatic rings. The van der Waals surface area contributed by atoms with Gasteiger partial charge in [-0.05, 0) is 23.3 Å². The van der Waals surface area contributed by atoms with Crippen molar-refractivity contribution in [3.05, 3.63) is 95.1 Å². The molecular formula is C24H23F3O3. The van der Waals surface area contributed by atoms with Crippen molar-refractivity contribution in [1.82, 2.24) is 0 Å². The van der Waals surface area contributed by atoms with Crippen molar-refractivity contribution in [3.8, 4) is 11.5 Å². The van der Waals surface area contributed by atoms with Gasteiger partial charge in [0.15, 0.2) is 17.8 Å². The highest BCUT2D eigenvalue weighted by Crippen LogP contribution is 2.44. The maximum atomic E-state index is 13.7. The third kappa shape index (κ3) is 6.11. The molecular weight excluding hydrogens is 393 g/mol. The lowest BCUT2D eigenvalue weighted by Gasteiger charge is -2.19. The van der Waals surface area contributed by atoms with E-state index in [1.54, 1.807) is 42.5 Å². The molecule has 3 aromatic rings. The van der Waals surface area contributed by atoms with E-state index in [1.807, 2.05) is 32.0 Å².